The van der Waals surface area contributed by atoms with Crippen molar-refractivity contribution in [3.63, 3.8) is 0 Å². The Morgan fingerprint density at radius 1 is 1.10 bits per heavy atom. The summed E-state index contributed by atoms with van der Waals surface area (Å²) in [5, 5.41) is 5.96. The third kappa shape index (κ3) is 5.22. The first-order valence-corrected chi connectivity index (χ1v) is 9.18. The lowest BCUT2D eigenvalue weighted by atomic mass is 10.3. The molecule has 0 aliphatic rings. The van der Waals surface area contributed by atoms with E-state index in [1.165, 1.54) is 6.33 Å². The minimum absolute atomic E-state index is 0.0860. The second-order valence-electron chi connectivity index (χ2n) is 6.26. The Hall–Kier alpha value is -3.62. The first-order chi connectivity index (χ1) is 14.1. The zero-order chi connectivity index (χ0) is 20.6. The van der Waals surface area contributed by atoms with Gasteiger partial charge in [-0.2, -0.15) is 0 Å². The number of imidazole rings is 1. The fourth-order valence-corrected chi connectivity index (χ4v) is 2.63. The van der Waals surface area contributed by atoms with Gasteiger partial charge in [0.1, 0.15) is 24.3 Å². The van der Waals surface area contributed by atoms with Gasteiger partial charge in [0.25, 0.3) is 5.91 Å². The van der Waals surface area contributed by atoms with Gasteiger partial charge in [-0.05, 0) is 26.0 Å². The normalized spacial score (nSPS) is 10.4. The van der Waals surface area contributed by atoms with E-state index in [1.54, 1.807) is 25.6 Å². The van der Waals surface area contributed by atoms with E-state index in [-0.39, 0.29) is 12.5 Å². The maximum atomic E-state index is 12.0. The average Bonchev–Trinajstić information content (AvgIpc) is 3.08. The number of aromatic nitrogens is 4. The van der Waals surface area contributed by atoms with Crippen LogP contribution in [0.2, 0.25) is 0 Å². The lowest BCUT2D eigenvalue weighted by Gasteiger charge is -2.11. The number of hydrogen-bond acceptors (Lipinski definition) is 7. The van der Waals surface area contributed by atoms with Gasteiger partial charge in [0.2, 0.25) is 0 Å². The highest BCUT2D eigenvalue weighted by Crippen LogP contribution is 2.25. The Balaban J connectivity index is 1.44. The standard InChI is InChI=1S/C20H24N6O3/c1-14-15(2)26(13-25-14)19-10-18(23-12-24-19)21-8-9-22-20(27)11-29-17-7-5-4-6-16(17)28-3/h4-7,10,12-13H,8-9,11H2,1-3H3,(H,22,27)(H,21,23,24). The van der Waals surface area contributed by atoms with Crippen molar-refractivity contribution in [2.75, 3.05) is 32.1 Å². The zero-order valence-corrected chi connectivity index (χ0v) is 16.7. The number of rotatable bonds is 9. The number of amides is 1. The third-order valence-electron chi connectivity index (χ3n) is 4.33. The first kappa shape index (κ1) is 20.1. The molecular weight excluding hydrogens is 372 g/mol. The van der Waals surface area contributed by atoms with Gasteiger partial charge in [0, 0.05) is 24.8 Å². The summed E-state index contributed by atoms with van der Waals surface area (Å²) >= 11 is 0. The summed E-state index contributed by atoms with van der Waals surface area (Å²) in [5.41, 5.74) is 1.98. The first-order valence-electron chi connectivity index (χ1n) is 9.18. The molecule has 1 amide bonds. The third-order valence-corrected chi connectivity index (χ3v) is 4.33. The average molecular weight is 396 g/mol. The Bertz CT molecular complexity index is 972. The molecule has 29 heavy (non-hydrogen) atoms. The molecule has 0 atom stereocenters. The van der Waals surface area contributed by atoms with E-state index in [1.807, 2.05) is 36.6 Å². The summed E-state index contributed by atoms with van der Waals surface area (Å²) in [6.45, 7) is 4.79. The van der Waals surface area contributed by atoms with Crippen LogP contribution in [-0.2, 0) is 4.79 Å². The van der Waals surface area contributed by atoms with E-state index >= 15 is 0 Å². The van der Waals surface area contributed by atoms with Crippen molar-refractivity contribution in [3.05, 3.63) is 54.4 Å². The maximum absolute atomic E-state index is 12.0. The molecule has 0 fully saturated rings. The SMILES string of the molecule is COc1ccccc1OCC(=O)NCCNc1cc(-n2cnc(C)c2C)ncn1. The van der Waals surface area contributed by atoms with Gasteiger partial charge >= 0.3 is 0 Å². The molecule has 0 unspecified atom stereocenters. The molecule has 3 rings (SSSR count). The minimum atomic E-state index is -0.217. The van der Waals surface area contributed by atoms with Crippen molar-refractivity contribution in [1.82, 2.24) is 24.8 Å². The number of benzene rings is 1. The molecule has 9 nitrogen and oxygen atoms in total. The van der Waals surface area contributed by atoms with Crippen molar-refractivity contribution >= 4 is 11.7 Å². The molecule has 2 heterocycles. The molecule has 0 aliphatic heterocycles. The predicted octanol–water partition coefficient (Wildman–Crippen LogP) is 1.89. The Morgan fingerprint density at radius 2 is 1.90 bits per heavy atom. The number of carbonyl (C=O) groups is 1. The summed E-state index contributed by atoms with van der Waals surface area (Å²) in [5.74, 6) is 2.30. The summed E-state index contributed by atoms with van der Waals surface area (Å²) in [6.07, 6.45) is 3.23. The number of hydrogen-bond donors (Lipinski definition) is 2. The van der Waals surface area contributed by atoms with Crippen LogP contribution in [0, 0.1) is 13.8 Å². The molecule has 3 aromatic rings. The highest BCUT2D eigenvalue weighted by molar-refractivity contribution is 5.77. The molecule has 0 aliphatic carbocycles. The summed E-state index contributed by atoms with van der Waals surface area (Å²) in [6, 6.07) is 9.03. The Morgan fingerprint density at radius 3 is 2.62 bits per heavy atom. The molecule has 0 saturated heterocycles. The number of nitrogens with one attached hydrogen (secondary N) is 2. The molecule has 9 heteroatoms. The topological polar surface area (TPSA) is 103 Å². The van der Waals surface area contributed by atoms with Crippen LogP contribution in [0.1, 0.15) is 11.4 Å². The van der Waals surface area contributed by atoms with E-state index in [2.05, 4.69) is 25.6 Å². The maximum Gasteiger partial charge on any atom is 0.258 e. The number of aryl methyl sites for hydroxylation is 1. The molecule has 0 saturated carbocycles. The van der Waals surface area contributed by atoms with Crippen LogP contribution in [0.15, 0.2) is 43.0 Å². The number of carbonyl (C=O) groups excluding carboxylic acids is 1. The van der Waals surface area contributed by atoms with Crippen molar-refractivity contribution in [2.45, 2.75) is 13.8 Å². The molecule has 0 spiro atoms. The quantitative estimate of drug-likeness (QED) is 0.533. The van der Waals surface area contributed by atoms with Crippen LogP contribution in [0.5, 0.6) is 11.5 Å². The van der Waals surface area contributed by atoms with Gasteiger partial charge in [-0.3, -0.25) is 9.36 Å². The molecule has 0 bridgehead atoms. The minimum Gasteiger partial charge on any atom is -0.493 e. The van der Waals surface area contributed by atoms with E-state index in [0.717, 1.165) is 17.2 Å². The molecule has 1 aromatic carbocycles. The number of para-hydroxylation sites is 2. The highest BCUT2D eigenvalue weighted by atomic mass is 16.5. The summed E-state index contributed by atoms with van der Waals surface area (Å²) in [4.78, 5) is 24.7. The van der Waals surface area contributed by atoms with Gasteiger partial charge in [0.05, 0.1) is 12.8 Å². The molecular formula is C20H24N6O3. The molecule has 0 radical (unpaired) electrons. The molecule has 2 N–H and O–H groups in total. The van der Waals surface area contributed by atoms with Gasteiger partial charge < -0.3 is 20.1 Å². The van der Waals surface area contributed by atoms with Gasteiger partial charge in [-0.25, -0.2) is 15.0 Å². The largest absolute Gasteiger partial charge is 0.493 e. The van der Waals surface area contributed by atoms with Crippen LogP contribution < -0.4 is 20.1 Å². The van der Waals surface area contributed by atoms with Crippen LogP contribution in [0.3, 0.4) is 0 Å². The van der Waals surface area contributed by atoms with Gasteiger partial charge in [-0.15, -0.1) is 0 Å². The number of methoxy groups -OCH3 is 1. The van der Waals surface area contributed by atoms with E-state index < -0.39 is 0 Å². The highest BCUT2D eigenvalue weighted by Gasteiger charge is 2.08. The van der Waals surface area contributed by atoms with Crippen LogP contribution in [0.25, 0.3) is 5.82 Å². The van der Waals surface area contributed by atoms with Crippen molar-refractivity contribution < 1.29 is 14.3 Å². The fourth-order valence-electron chi connectivity index (χ4n) is 2.63. The number of ether oxygens (including phenoxy) is 2. The number of nitrogens with zero attached hydrogens (tertiary/aromatic N) is 4. The summed E-state index contributed by atoms with van der Waals surface area (Å²) in [7, 11) is 1.56. The lowest BCUT2D eigenvalue weighted by molar-refractivity contribution is -0.123. The molecule has 152 valence electrons. The number of anilines is 1. The Kier molecular flexibility index (Phi) is 6.62. The smallest absolute Gasteiger partial charge is 0.258 e. The van der Waals surface area contributed by atoms with Crippen LogP contribution >= 0.6 is 0 Å². The van der Waals surface area contributed by atoms with E-state index in [9.17, 15) is 4.79 Å². The van der Waals surface area contributed by atoms with Crippen molar-refractivity contribution in [2.24, 2.45) is 0 Å². The van der Waals surface area contributed by atoms with Crippen molar-refractivity contribution in [1.29, 1.82) is 0 Å². The molecule has 2 aromatic heterocycles. The van der Waals surface area contributed by atoms with Gasteiger partial charge in [-0.1, -0.05) is 12.1 Å². The Labute approximate surface area is 169 Å². The van der Waals surface area contributed by atoms with Gasteiger partial charge in [0.15, 0.2) is 18.1 Å². The second kappa shape index (κ2) is 9.54. The monoisotopic (exact) mass is 396 g/mol. The van der Waals surface area contributed by atoms with Crippen LogP contribution in [0.4, 0.5) is 5.82 Å². The lowest BCUT2D eigenvalue weighted by Crippen LogP contribution is -2.32. The van der Waals surface area contributed by atoms with E-state index in [0.29, 0.717) is 30.4 Å². The second-order valence-corrected chi connectivity index (χ2v) is 6.26. The van der Waals surface area contributed by atoms with E-state index in [4.69, 9.17) is 9.47 Å². The van der Waals surface area contributed by atoms with Crippen LogP contribution in [-0.4, -0.2) is 52.2 Å². The fraction of sp³-hybridized carbons (Fsp3) is 0.300. The zero-order valence-electron chi connectivity index (χ0n) is 16.7. The summed E-state index contributed by atoms with van der Waals surface area (Å²) < 4.78 is 12.6. The predicted molar refractivity (Wildman–Crippen MR) is 109 cm³/mol. The van der Waals surface area contributed by atoms with Crippen molar-refractivity contribution in [3.8, 4) is 17.3 Å².